The Morgan fingerprint density at radius 1 is 1.10 bits per heavy atom. The van der Waals surface area contributed by atoms with Crippen molar-refractivity contribution >= 4 is 23.6 Å². The number of carbonyl (C=O) groups excluding carboxylic acids is 2. The highest BCUT2D eigenvalue weighted by Crippen LogP contribution is 2.25. The lowest BCUT2D eigenvalue weighted by Gasteiger charge is -2.07. The first-order valence-electron chi connectivity index (χ1n) is 9.84. The molecule has 156 valence electrons. The molecule has 0 spiro atoms. The van der Waals surface area contributed by atoms with E-state index in [1.807, 2.05) is 0 Å². The summed E-state index contributed by atoms with van der Waals surface area (Å²) in [5, 5.41) is 5.62. The first-order chi connectivity index (χ1) is 15.1. The molecule has 1 fully saturated rings. The molecule has 7 heteroatoms. The van der Waals surface area contributed by atoms with Crippen molar-refractivity contribution in [3.05, 3.63) is 90.0 Å². The second-order valence-electron chi connectivity index (χ2n) is 7.13. The van der Waals surface area contributed by atoms with Gasteiger partial charge in [0.05, 0.1) is 6.20 Å². The minimum atomic E-state index is -0.550. The zero-order valence-corrected chi connectivity index (χ0v) is 16.5. The number of halogens is 1. The number of amides is 2. The molecule has 1 aliphatic rings. The van der Waals surface area contributed by atoms with Gasteiger partial charge in [0, 0.05) is 29.6 Å². The van der Waals surface area contributed by atoms with Crippen molar-refractivity contribution in [2.45, 2.75) is 18.9 Å². The SMILES string of the molecule is O=C(/C=C/c1ccc(Oc2cccnc2)c(F)c1)Nc1ccc(C(=O)NC2CC2)cc1. The Balaban J connectivity index is 1.33. The monoisotopic (exact) mass is 417 g/mol. The van der Waals surface area contributed by atoms with Gasteiger partial charge in [-0.15, -0.1) is 0 Å². The first kappa shape index (κ1) is 20.3. The molecule has 0 unspecified atom stereocenters. The van der Waals surface area contributed by atoms with Crippen LogP contribution in [0.2, 0.25) is 0 Å². The molecule has 1 heterocycles. The fraction of sp³-hybridized carbons (Fsp3) is 0.125. The average molecular weight is 417 g/mol. The fourth-order valence-electron chi connectivity index (χ4n) is 2.80. The third-order valence-corrected chi connectivity index (χ3v) is 4.57. The summed E-state index contributed by atoms with van der Waals surface area (Å²) in [6.45, 7) is 0. The van der Waals surface area contributed by atoms with Crippen LogP contribution in [-0.4, -0.2) is 22.8 Å². The molecule has 0 radical (unpaired) electrons. The highest BCUT2D eigenvalue weighted by atomic mass is 19.1. The normalized spacial score (nSPS) is 13.1. The predicted octanol–water partition coefficient (Wildman–Crippen LogP) is 4.56. The third kappa shape index (κ3) is 5.76. The molecule has 0 aliphatic heterocycles. The van der Waals surface area contributed by atoms with Crippen molar-refractivity contribution in [3.63, 3.8) is 0 Å². The summed E-state index contributed by atoms with van der Waals surface area (Å²) in [5.41, 5.74) is 1.62. The number of rotatable bonds is 7. The van der Waals surface area contributed by atoms with E-state index in [0.29, 0.717) is 22.6 Å². The van der Waals surface area contributed by atoms with Gasteiger partial charge >= 0.3 is 0 Å². The molecule has 1 aliphatic carbocycles. The van der Waals surface area contributed by atoms with Crippen molar-refractivity contribution in [3.8, 4) is 11.5 Å². The van der Waals surface area contributed by atoms with Crippen molar-refractivity contribution < 1.29 is 18.7 Å². The summed E-state index contributed by atoms with van der Waals surface area (Å²) in [7, 11) is 0. The molecule has 1 aromatic heterocycles. The van der Waals surface area contributed by atoms with Gasteiger partial charge in [-0.25, -0.2) is 4.39 Å². The molecule has 1 saturated carbocycles. The van der Waals surface area contributed by atoms with Crippen LogP contribution in [0.5, 0.6) is 11.5 Å². The van der Waals surface area contributed by atoms with Crippen LogP contribution in [0.15, 0.2) is 73.1 Å². The molecule has 2 amide bonds. The molecule has 4 rings (SSSR count). The van der Waals surface area contributed by atoms with E-state index in [1.54, 1.807) is 48.7 Å². The van der Waals surface area contributed by atoms with Gasteiger partial charge in [0.15, 0.2) is 11.6 Å². The predicted molar refractivity (Wildman–Crippen MR) is 115 cm³/mol. The summed E-state index contributed by atoms with van der Waals surface area (Å²) >= 11 is 0. The quantitative estimate of drug-likeness (QED) is 0.553. The number of aromatic nitrogens is 1. The Morgan fingerprint density at radius 2 is 1.90 bits per heavy atom. The maximum Gasteiger partial charge on any atom is 0.251 e. The van der Waals surface area contributed by atoms with Crippen molar-refractivity contribution in [1.82, 2.24) is 10.3 Å². The topological polar surface area (TPSA) is 80.3 Å². The van der Waals surface area contributed by atoms with E-state index < -0.39 is 5.82 Å². The second kappa shape index (κ2) is 9.21. The summed E-state index contributed by atoms with van der Waals surface area (Å²) in [6, 6.07) is 14.7. The zero-order chi connectivity index (χ0) is 21.6. The number of pyridine rings is 1. The Hall–Kier alpha value is -4.00. The Labute approximate surface area is 178 Å². The molecule has 2 N–H and O–H groups in total. The third-order valence-electron chi connectivity index (χ3n) is 4.57. The first-order valence-corrected chi connectivity index (χ1v) is 9.84. The van der Waals surface area contributed by atoms with Crippen molar-refractivity contribution in [1.29, 1.82) is 0 Å². The summed E-state index contributed by atoms with van der Waals surface area (Å²) in [4.78, 5) is 28.1. The summed E-state index contributed by atoms with van der Waals surface area (Å²) < 4.78 is 19.7. The molecule has 0 atom stereocenters. The van der Waals surface area contributed by atoms with E-state index in [2.05, 4.69) is 15.6 Å². The van der Waals surface area contributed by atoms with Crippen molar-refractivity contribution in [2.24, 2.45) is 0 Å². The van der Waals surface area contributed by atoms with Crippen LogP contribution in [-0.2, 0) is 4.79 Å². The van der Waals surface area contributed by atoms with Gasteiger partial charge in [-0.05, 0) is 73.0 Å². The van der Waals surface area contributed by atoms with Crippen LogP contribution in [0.4, 0.5) is 10.1 Å². The lowest BCUT2D eigenvalue weighted by Crippen LogP contribution is -2.25. The molecular weight excluding hydrogens is 397 g/mol. The Bertz CT molecular complexity index is 1110. The number of nitrogens with one attached hydrogen (secondary N) is 2. The summed E-state index contributed by atoms with van der Waals surface area (Å²) in [6.07, 6.45) is 7.95. The van der Waals surface area contributed by atoms with Gasteiger partial charge in [0.1, 0.15) is 5.75 Å². The molecular formula is C24H20FN3O3. The molecule has 3 aromatic rings. The van der Waals surface area contributed by atoms with Gasteiger partial charge in [-0.2, -0.15) is 0 Å². The number of nitrogens with zero attached hydrogens (tertiary/aromatic N) is 1. The average Bonchev–Trinajstić information content (AvgIpc) is 3.59. The Kier molecular flexibility index (Phi) is 6.03. The van der Waals surface area contributed by atoms with Crippen LogP contribution < -0.4 is 15.4 Å². The van der Waals surface area contributed by atoms with Crippen LogP contribution in [0.3, 0.4) is 0 Å². The maximum atomic E-state index is 14.3. The highest BCUT2D eigenvalue weighted by molar-refractivity contribution is 6.02. The van der Waals surface area contributed by atoms with Crippen LogP contribution in [0.1, 0.15) is 28.8 Å². The van der Waals surface area contributed by atoms with Crippen LogP contribution >= 0.6 is 0 Å². The maximum absolute atomic E-state index is 14.3. The highest BCUT2D eigenvalue weighted by Gasteiger charge is 2.23. The minimum Gasteiger partial charge on any atom is -0.453 e. The van der Waals surface area contributed by atoms with Gasteiger partial charge in [0.25, 0.3) is 5.91 Å². The lowest BCUT2D eigenvalue weighted by atomic mass is 10.2. The van der Waals surface area contributed by atoms with E-state index >= 15 is 0 Å². The molecule has 0 bridgehead atoms. The number of anilines is 1. The van der Waals surface area contributed by atoms with Gasteiger partial charge in [-0.1, -0.05) is 6.07 Å². The number of benzene rings is 2. The van der Waals surface area contributed by atoms with Crippen LogP contribution in [0.25, 0.3) is 6.08 Å². The van der Waals surface area contributed by atoms with Gasteiger partial charge in [-0.3, -0.25) is 14.6 Å². The number of hydrogen-bond acceptors (Lipinski definition) is 4. The van der Waals surface area contributed by atoms with Gasteiger partial charge in [0.2, 0.25) is 5.91 Å². The van der Waals surface area contributed by atoms with E-state index in [1.165, 1.54) is 30.5 Å². The van der Waals surface area contributed by atoms with E-state index in [4.69, 9.17) is 4.74 Å². The summed E-state index contributed by atoms with van der Waals surface area (Å²) in [5.74, 6) is -0.531. The van der Waals surface area contributed by atoms with Crippen molar-refractivity contribution in [2.75, 3.05) is 5.32 Å². The largest absolute Gasteiger partial charge is 0.453 e. The number of ether oxygens (including phenoxy) is 1. The minimum absolute atomic E-state index is 0.0698. The standard InChI is InChI=1S/C24H20FN3O3/c25-21-14-16(3-11-22(21)31-20-2-1-13-26-15-20)4-12-23(29)27-18-7-5-17(6-8-18)24(30)28-19-9-10-19/h1-8,11-15,19H,9-10H2,(H,27,29)(H,28,30)/b12-4+. The zero-order valence-electron chi connectivity index (χ0n) is 16.5. The smallest absolute Gasteiger partial charge is 0.251 e. The Morgan fingerprint density at radius 3 is 2.58 bits per heavy atom. The van der Waals surface area contributed by atoms with E-state index in [0.717, 1.165) is 12.8 Å². The molecule has 0 saturated heterocycles. The molecule has 31 heavy (non-hydrogen) atoms. The van der Waals surface area contributed by atoms with Gasteiger partial charge < -0.3 is 15.4 Å². The molecule has 6 nitrogen and oxygen atoms in total. The van der Waals surface area contributed by atoms with Crippen LogP contribution in [0, 0.1) is 5.82 Å². The number of carbonyl (C=O) groups is 2. The lowest BCUT2D eigenvalue weighted by molar-refractivity contribution is -0.111. The molecule has 2 aromatic carbocycles. The van der Waals surface area contributed by atoms with E-state index in [-0.39, 0.29) is 23.6 Å². The van der Waals surface area contributed by atoms with E-state index in [9.17, 15) is 14.0 Å². The fourth-order valence-corrected chi connectivity index (χ4v) is 2.80. The second-order valence-corrected chi connectivity index (χ2v) is 7.13. The number of hydrogen-bond donors (Lipinski definition) is 2.